The van der Waals surface area contributed by atoms with Gasteiger partial charge in [0.1, 0.15) is 11.4 Å². The molecule has 31 heavy (non-hydrogen) atoms. The first-order chi connectivity index (χ1) is 15.1. The number of esters is 1. The van der Waals surface area contributed by atoms with Gasteiger partial charge < -0.3 is 9.47 Å². The highest BCUT2D eigenvalue weighted by atomic mass is 16.5. The molecule has 3 aromatic rings. The van der Waals surface area contributed by atoms with Gasteiger partial charge in [0, 0.05) is 38.3 Å². The number of benzene rings is 1. The third-order valence-corrected chi connectivity index (χ3v) is 5.28. The summed E-state index contributed by atoms with van der Waals surface area (Å²) in [7, 11) is 1.83. The summed E-state index contributed by atoms with van der Waals surface area (Å²) in [4.78, 5) is 24.6. The van der Waals surface area contributed by atoms with Crippen LogP contribution in [0, 0.1) is 5.92 Å². The zero-order valence-corrected chi connectivity index (χ0v) is 17.6. The molecule has 0 N–H and O–H groups in total. The van der Waals surface area contributed by atoms with E-state index < -0.39 is 0 Å². The van der Waals surface area contributed by atoms with Gasteiger partial charge in [-0.3, -0.25) is 14.3 Å². The number of carbonyl (C=O) groups is 1. The molecule has 1 unspecified atom stereocenters. The van der Waals surface area contributed by atoms with Gasteiger partial charge in [0.2, 0.25) is 5.43 Å². The molecule has 1 aliphatic rings. The summed E-state index contributed by atoms with van der Waals surface area (Å²) in [5.41, 5.74) is 2.86. The van der Waals surface area contributed by atoms with Gasteiger partial charge in [0.05, 0.1) is 32.0 Å². The Balaban J connectivity index is 1.40. The van der Waals surface area contributed by atoms with E-state index >= 15 is 0 Å². The van der Waals surface area contributed by atoms with Crippen LogP contribution >= 0.6 is 0 Å². The van der Waals surface area contributed by atoms with Crippen molar-refractivity contribution in [3.63, 3.8) is 0 Å². The Labute approximate surface area is 180 Å². The third kappa shape index (κ3) is 5.67. The van der Waals surface area contributed by atoms with Gasteiger partial charge in [-0.2, -0.15) is 10.2 Å². The van der Waals surface area contributed by atoms with Crippen molar-refractivity contribution in [1.29, 1.82) is 0 Å². The Hall–Kier alpha value is -3.26. The van der Waals surface area contributed by atoms with E-state index in [9.17, 15) is 9.59 Å². The Morgan fingerprint density at radius 1 is 1.29 bits per heavy atom. The number of rotatable bonds is 7. The van der Waals surface area contributed by atoms with Crippen LogP contribution in [-0.4, -0.2) is 45.4 Å². The number of hydrogen-bond acceptors (Lipinski definition) is 6. The van der Waals surface area contributed by atoms with E-state index in [0.717, 1.165) is 36.3 Å². The maximum Gasteiger partial charge on any atom is 0.310 e. The summed E-state index contributed by atoms with van der Waals surface area (Å²) < 4.78 is 14.2. The SMILES string of the molecule is Cn1cc(-n2ccc(=O)c(Cc3cccc(CC(=O)OCC4CCCOC4)c3)n2)cn1. The molecule has 0 radical (unpaired) electrons. The molecule has 0 spiro atoms. The summed E-state index contributed by atoms with van der Waals surface area (Å²) in [6, 6.07) is 9.13. The van der Waals surface area contributed by atoms with Crippen molar-refractivity contribution in [2.75, 3.05) is 19.8 Å². The molecule has 2 aromatic heterocycles. The van der Waals surface area contributed by atoms with Crippen molar-refractivity contribution in [2.24, 2.45) is 13.0 Å². The Morgan fingerprint density at radius 2 is 2.16 bits per heavy atom. The zero-order valence-electron chi connectivity index (χ0n) is 17.6. The van der Waals surface area contributed by atoms with Gasteiger partial charge in [0.15, 0.2) is 0 Å². The summed E-state index contributed by atoms with van der Waals surface area (Å²) in [6.07, 6.45) is 7.77. The van der Waals surface area contributed by atoms with Crippen molar-refractivity contribution >= 4 is 5.97 Å². The third-order valence-electron chi connectivity index (χ3n) is 5.28. The molecule has 1 aliphatic heterocycles. The number of aryl methyl sites for hydroxylation is 1. The number of aromatic nitrogens is 4. The molecule has 0 saturated carbocycles. The fourth-order valence-corrected chi connectivity index (χ4v) is 3.65. The van der Waals surface area contributed by atoms with E-state index in [1.165, 1.54) is 6.07 Å². The van der Waals surface area contributed by atoms with E-state index in [0.29, 0.717) is 25.3 Å². The lowest BCUT2D eigenvalue weighted by atomic mass is 10.0. The standard InChI is InChI=1S/C23H26N4O4/c1-26-14-20(13-24-26)27-8-7-22(28)21(25-27)11-17-4-2-5-18(10-17)12-23(29)31-16-19-6-3-9-30-15-19/h2,4-5,7-8,10,13-14,19H,3,6,9,11-12,15-16H2,1H3. The van der Waals surface area contributed by atoms with E-state index in [1.54, 1.807) is 21.8 Å². The Bertz CT molecular complexity index is 1100. The number of hydrogen-bond donors (Lipinski definition) is 0. The van der Waals surface area contributed by atoms with Gasteiger partial charge in [0.25, 0.3) is 0 Å². The van der Waals surface area contributed by atoms with Crippen molar-refractivity contribution in [1.82, 2.24) is 19.6 Å². The molecule has 1 fully saturated rings. The van der Waals surface area contributed by atoms with Gasteiger partial charge in [-0.1, -0.05) is 24.3 Å². The monoisotopic (exact) mass is 422 g/mol. The fourth-order valence-electron chi connectivity index (χ4n) is 3.65. The highest BCUT2D eigenvalue weighted by Gasteiger charge is 2.16. The molecule has 8 heteroatoms. The Kier molecular flexibility index (Phi) is 6.57. The average Bonchev–Trinajstić information content (AvgIpc) is 3.21. The molecule has 3 heterocycles. The van der Waals surface area contributed by atoms with Crippen LogP contribution in [0.3, 0.4) is 0 Å². The molecule has 0 bridgehead atoms. The second-order valence-electron chi connectivity index (χ2n) is 7.88. The minimum Gasteiger partial charge on any atom is -0.465 e. The van der Waals surface area contributed by atoms with E-state index in [1.807, 2.05) is 37.5 Å². The maximum absolute atomic E-state index is 12.3. The molecule has 0 aliphatic carbocycles. The zero-order chi connectivity index (χ0) is 21.6. The summed E-state index contributed by atoms with van der Waals surface area (Å²) in [6.45, 7) is 1.85. The lowest BCUT2D eigenvalue weighted by Crippen LogP contribution is -2.24. The van der Waals surface area contributed by atoms with Crippen molar-refractivity contribution in [3.05, 3.63) is 76.0 Å². The maximum atomic E-state index is 12.3. The second-order valence-corrected chi connectivity index (χ2v) is 7.88. The summed E-state index contributed by atoms with van der Waals surface area (Å²) in [5.74, 6) is 0.0367. The largest absolute Gasteiger partial charge is 0.465 e. The van der Waals surface area contributed by atoms with Crippen LogP contribution in [0.2, 0.25) is 0 Å². The van der Waals surface area contributed by atoms with Gasteiger partial charge in [-0.05, 0) is 24.0 Å². The van der Waals surface area contributed by atoms with Crippen LogP contribution in [0.5, 0.6) is 0 Å². The molecular weight excluding hydrogens is 396 g/mol. The first-order valence-electron chi connectivity index (χ1n) is 10.5. The van der Waals surface area contributed by atoms with E-state index in [4.69, 9.17) is 9.47 Å². The van der Waals surface area contributed by atoms with E-state index in [2.05, 4.69) is 10.2 Å². The summed E-state index contributed by atoms with van der Waals surface area (Å²) in [5, 5.41) is 8.61. The number of ether oxygens (including phenoxy) is 2. The summed E-state index contributed by atoms with van der Waals surface area (Å²) >= 11 is 0. The van der Waals surface area contributed by atoms with Crippen LogP contribution in [0.1, 0.15) is 29.7 Å². The fraction of sp³-hybridized carbons (Fsp3) is 0.391. The Morgan fingerprint density at radius 3 is 2.94 bits per heavy atom. The quantitative estimate of drug-likeness (QED) is 0.542. The van der Waals surface area contributed by atoms with Gasteiger partial charge in [-0.15, -0.1) is 0 Å². The normalized spacial score (nSPS) is 16.2. The van der Waals surface area contributed by atoms with Crippen LogP contribution in [0.25, 0.3) is 5.69 Å². The predicted molar refractivity (Wildman–Crippen MR) is 114 cm³/mol. The molecule has 162 valence electrons. The van der Waals surface area contributed by atoms with Crippen molar-refractivity contribution in [2.45, 2.75) is 25.7 Å². The second kappa shape index (κ2) is 9.70. The van der Waals surface area contributed by atoms with Crippen molar-refractivity contribution < 1.29 is 14.3 Å². The molecule has 1 aromatic carbocycles. The lowest BCUT2D eigenvalue weighted by molar-refractivity contribution is -0.145. The smallest absolute Gasteiger partial charge is 0.310 e. The van der Waals surface area contributed by atoms with Crippen LogP contribution < -0.4 is 5.43 Å². The topological polar surface area (TPSA) is 88.2 Å². The van der Waals surface area contributed by atoms with Crippen LogP contribution in [-0.2, 0) is 34.2 Å². The average molecular weight is 422 g/mol. The first kappa shape index (κ1) is 21.0. The molecule has 1 atom stereocenters. The van der Waals surface area contributed by atoms with Crippen molar-refractivity contribution in [3.8, 4) is 5.69 Å². The minimum atomic E-state index is -0.250. The highest BCUT2D eigenvalue weighted by Crippen LogP contribution is 2.15. The predicted octanol–water partition coefficient (Wildman–Crippen LogP) is 2.07. The lowest BCUT2D eigenvalue weighted by Gasteiger charge is -2.21. The molecule has 8 nitrogen and oxygen atoms in total. The highest BCUT2D eigenvalue weighted by molar-refractivity contribution is 5.72. The molecule has 0 amide bonds. The number of carbonyl (C=O) groups excluding carboxylic acids is 1. The van der Waals surface area contributed by atoms with Gasteiger partial charge >= 0.3 is 5.97 Å². The van der Waals surface area contributed by atoms with Gasteiger partial charge in [-0.25, -0.2) is 4.68 Å². The molecular formula is C23H26N4O4. The first-order valence-corrected chi connectivity index (χ1v) is 10.5. The van der Waals surface area contributed by atoms with Crippen LogP contribution in [0.15, 0.2) is 53.7 Å². The van der Waals surface area contributed by atoms with Crippen LogP contribution in [0.4, 0.5) is 0 Å². The molecule has 4 rings (SSSR count). The molecule has 1 saturated heterocycles. The minimum absolute atomic E-state index is 0.125. The van der Waals surface area contributed by atoms with E-state index in [-0.39, 0.29) is 23.7 Å². The number of nitrogens with zero attached hydrogens (tertiary/aromatic N) is 4.